The van der Waals surface area contributed by atoms with Crippen LogP contribution in [0.2, 0.25) is 0 Å². The Morgan fingerprint density at radius 2 is 2.00 bits per heavy atom. The summed E-state index contributed by atoms with van der Waals surface area (Å²) in [7, 11) is 0. The summed E-state index contributed by atoms with van der Waals surface area (Å²) in [4.78, 5) is 24.9. The van der Waals surface area contributed by atoms with E-state index in [1.54, 1.807) is 32.1 Å². The summed E-state index contributed by atoms with van der Waals surface area (Å²) in [5, 5.41) is 0. The second-order valence-corrected chi connectivity index (χ2v) is 5.49. The molecule has 3 rings (SSSR count). The molecule has 1 aromatic carbocycles. The van der Waals surface area contributed by atoms with Gasteiger partial charge in [0.1, 0.15) is 6.61 Å². The number of rotatable bonds is 2. The van der Waals surface area contributed by atoms with Gasteiger partial charge in [-0.3, -0.25) is 4.79 Å². The Kier molecular flexibility index (Phi) is 3.08. The highest BCUT2D eigenvalue weighted by Crippen LogP contribution is 2.33. The predicted octanol–water partition coefficient (Wildman–Crippen LogP) is 2.19. The molecule has 0 unspecified atom stereocenters. The number of amides is 2. The number of ether oxygens (including phenoxy) is 3. The normalized spacial score (nSPS) is 19.1. The van der Waals surface area contributed by atoms with Gasteiger partial charge < -0.3 is 14.2 Å². The molecule has 0 aliphatic carbocycles. The van der Waals surface area contributed by atoms with E-state index >= 15 is 0 Å². The van der Waals surface area contributed by atoms with Gasteiger partial charge in [-0.15, -0.1) is 0 Å². The molecular formula is C15H15NO5. The molecule has 0 radical (unpaired) electrons. The second-order valence-electron chi connectivity index (χ2n) is 5.49. The zero-order valence-corrected chi connectivity index (χ0v) is 11.8. The average Bonchev–Trinajstić information content (AvgIpc) is 3.00. The van der Waals surface area contributed by atoms with Crippen LogP contribution >= 0.6 is 0 Å². The van der Waals surface area contributed by atoms with Gasteiger partial charge in [0.25, 0.3) is 5.91 Å². The summed E-state index contributed by atoms with van der Waals surface area (Å²) in [6.07, 6.45) is 2.37. The first-order valence-electron chi connectivity index (χ1n) is 6.56. The van der Waals surface area contributed by atoms with E-state index in [9.17, 15) is 9.59 Å². The van der Waals surface area contributed by atoms with Gasteiger partial charge in [-0.05, 0) is 37.6 Å². The van der Waals surface area contributed by atoms with Crippen molar-refractivity contribution in [2.45, 2.75) is 19.4 Å². The van der Waals surface area contributed by atoms with Crippen molar-refractivity contribution >= 4 is 18.1 Å². The van der Waals surface area contributed by atoms with Gasteiger partial charge in [-0.25, -0.2) is 9.69 Å². The summed E-state index contributed by atoms with van der Waals surface area (Å²) in [6, 6.07) is 5.37. The van der Waals surface area contributed by atoms with Crippen LogP contribution in [0.3, 0.4) is 0 Å². The van der Waals surface area contributed by atoms with Crippen molar-refractivity contribution in [2.24, 2.45) is 0 Å². The molecule has 0 atom stereocenters. The summed E-state index contributed by atoms with van der Waals surface area (Å²) in [6.45, 7) is 3.97. The monoisotopic (exact) mass is 289 g/mol. The smallest absolute Gasteiger partial charge is 0.417 e. The molecule has 1 aromatic rings. The van der Waals surface area contributed by atoms with Crippen LogP contribution in [0.25, 0.3) is 6.08 Å². The largest absolute Gasteiger partial charge is 0.454 e. The first-order valence-corrected chi connectivity index (χ1v) is 6.56. The fourth-order valence-corrected chi connectivity index (χ4v) is 2.26. The number of imide groups is 1. The van der Waals surface area contributed by atoms with E-state index < -0.39 is 17.5 Å². The third kappa shape index (κ3) is 2.44. The number of carbonyl (C=O) groups is 2. The number of carbonyl (C=O) groups excluding carboxylic acids is 2. The molecule has 6 heteroatoms. The minimum atomic E-state index is -0.632. The number of nitrogens with zero attached hydrogens (tertiary/aromatic N) is 1. The highest BCUT2D eigenvalue weighted by atomic mass is 16.7. The Bertz CT molecular complexity index is 635. The molecule has 0 bridgehead atoms. The average molecular weight is 289 g/mol. The van der Waals surface area contributed by atoms with Gasteiger partial charge in [-0.1, -0.05) is 6.07 Å². The Hall–Kier alpha value is -2.50. The lowest BCUT2D eigenvalue weighted by Gasteiger charge is -2.24. The molecule has 2 aliphatic heterocycles. The second kappa shape index (κ2) is 4.80. The molecule has 6 nitrogen and oxygen atoms in total. The first kappa shape index (κ1) is 13.5. The van der Waals surface area contributed by atoms with E-state index in [0.29, 0.717) is 11.5 Å². The predicted molar refractivity (Wildman–Crippen MR) is 73.9 cm³/mol. The summed E-state index contributed by atoms with van der Waals surface area (Å²) < 4.78 is 15.4. The third-order valence-electron chi connectivity index (χ3n) is 3.37. The summed E-state index contributed by atoms with van der Waals surface area (Å²) >= 11 is 0. The molecule has 2 aliphatic rings. The lowest BCUT2D eigenvalue weighted by molar-refractivity contribution is -0.125. The molecule has 0 spiro atoms. The van der Waals surface area contributed by atoms with Crippen molar-refractivity contribution in [1.29, 1.82) is 0 Å². The van der Waals surface area contributed by atoms with E-state index in [-0.39, 0.29) is 13.4 Å². The number of hydrogen-bond donors (Lipinski definition) is 0. The van der Waals surface area contributed by atoms with Crippen molar-refractivity contribution in [3.8, 4) is 11.5 Å². The SMILES string of the molecule is CC1(C)COC(=O)N1C(=O)C=Cc1ccc2c(c1)OCO2. The van der Waals surface area contributed by atoms with Crippen LogP contribution in [-0.2, 0) is 9.53 Å². The van der Waals surface area contributed by atoms with Crippen molar-refractivity contribution in [3.05, 3.63) is 29.8 Å². The Morgan fingerprint density at radius 1 is 1.24 bits per heavy atom. The molecule has 2 heterocycles. The fourth-order valence-electron chi connectivity index (χ4n) is 2.26. The molecule has 1 fully saturated rings. The van der Waals surface area contributed by atoms with Crippen LogP contribution in [0.4, 0.5) is 4.79 Å². The van der Waals surface area contributed by atoms with Gasteiger partial charge in [0.2, 0.25) is 6.79 Å². The zero-order valence-electron chi connectivity index (χ0n) is 11.8. The van der Waals surface area contributed by atoms with E-state index in [1.807, 2.05) is 6.07 Å². The number of cyclic esters (lactones) is 1. The maximum absolute atomic E-state index is 12.2. The van der Waals surface area contributed by atoms with E-state index in [1.165, 1.54) is 6.08 Å². The van der Waals surface area contributed by atoms with Gasteiger partial charge in [0.15, 0.2) is 11.5 Å². The number of fused-ring (bicyclic) bond motifs is 1. The zero-order chi connectivity index (χ0) is 15.0. The van der Waals surface area contributed by atoms with Crippen molar-refractivity contribution in [2.75, 3.05) is 13.4 Å². The highest BCUT2D eigenvalue weighted by molar-refractivity contribution is 6.02. The molecular weight excluding hydrogens is 274 g/mol. The standard InChI is InChI=1S/C15H15NO5/c1-15(2)8-19-14(18)16(15)13(17)6-4-10-3-5-11-12(7-10)21-9-20-11/h3-7H,8-9H2,1-2H3. The molecule has 0 N–H and O–H groups in total. The lowest BCUT2D eigenvalue weighted by atomic mass is 10.1. The minimum absolute atomic E-state index is 0.204. The van der Waals surface area contributed by atoms with Crippen LogP contribution < -0.4 is 9.47 Å². The van der Waals surface area contributed by atoms with E-state index in [2.05, 4.69) is 0 Å². The van der Waals surface area contributed by atoms with Crippen LogP contribution in [0, 0.1) is 0 Å². The quantitative estimate of drug-likeness (QED) is 0.781. The molecule has 2 amide bonds. The van der Waals surface area contributed by atoms with Crippen LogP contribution in [-0.4, -0.2) is 35.8 Å². The van der Waals surface area contributed by atoms with Crippen LogP contribution in [0.15, 0.2) is 24.3 Å². The Morgan fingerprint density at radius 3 is 2.71 bits per heavy atom. The van der Waals surface area contributed by atoms with Crippen molar-refractivity contribution < 1.29 is 23.8 Å². The molecule has 0 aromatic heterocycles. The van der Waals surface area contributed by atoms with Crippen LogP contribution in [0.1, 0.15) is 19.4 Å². The van der Waals surface area contributed by atoms with E-state index in [0.717, 1.165) is 10.5 Å². The maximum atomic E-state index is 12.2. The topological polar surface area (TPSA) is 65.1 Å². The minimum Gasteiger partial charge on any atom is -0.454 e. The van der Waals surface area contributed by atoms with Crippen molar-refractivity contribution in [3.63, 3.8) is 0 Å². The molecule has 0 saturated carbocycles. The van der Waals surface area contributed by atoms with Crippen molar-refractivity contribution in [1.82, 2.24) is 4.90 Å². The van der Waals surface area contributed by atoms with Gasteiger partial charge in [0.05, 0.1) is 5.54 Å². The van der Waals surface area contributed by atoms with Gasteiger partial charge in [-0.2, -0.15) is 0 Å². The molecule has 110 valence electrons. The lowest BCUT2D eigenvalue weighted by Crippen LogP contribution is -2.45. The Balaban J connectivity index is 1.77. The fraction of sp³-hybridized carbons (Fsp3) is 0.333. The third-order valence-corrected chi connectivity index (χ3v) is 3.37. The van der Waals surface area contributed by atoms with E-state index in [4.69, 9.17) is 14.2 Å². The van der Waals surface area contributed by atoms with Gasteiger partial charge >= 0.3 is 6.09 Å². The number of benzene rings is 1. The van der Waals surface area contributed by atoms with Gasteiger partial charge in [0, 0.05) is 6.08 Å². The highest BCUT2D eigenvalue weighted by Gasteiger charge is 2.43. The summed E-state index contributed by atoms with van der Waals surface area (Å²) in [5.74, 6) is 0.924. The summed E-state index contributed by atoms with van der Waals surface area (Å²) in [5.41, 5.74) is 0.158. The Labute approximate surface area is 121 Å². The first-order chi connectivity index (χ1) is 9.97. The number of hydrogen-bond acceptors (Lipinski definition) is 5. The van der Waals surface area contributed by atoms with Crippen LogP contribution in [0.5, 0.6) is 11.5 Å². The molecule has 1 saturated heterocycles. The maximum Gasteiger partial charge on any atom is 0.417 e. The molecule has 21 heavy (non-hydrogen) atoms.